The van der Waals surface area contributed by atoms with E-state index in [0.717, 1.165) is 42.1 Å². The van der Waals surface area contributed by atoms with Gasteiger partial charge in [0.15, 0.2) is 0 Å². The summed E-state index contributed by atoms with van der Waals surface area (Å²) in [5.74, 6) is 3.04. The van der Waals surface area contributed by atoms with E-state index in [-0.39, 0.29) is 5.91 Å². The molecule has 0 aliphatic carbocycles. The second-order valence-electron chi connectivity index (χ2n) is 8.35. The fraction of sp³-hybridized carbons (Fsp3) is 0.565. The van der Waals surface area contributed by atoms with Crippen molar-refractivity contribution in [2.75, 3.05) is 36.5 Å². The standard InChI is InChI=1S/C23H34N4OS/c1-17(2)16-27-19(4)22(18(3)25-27)15-23(28)24-21-7-5-20(6-8-21)9-10-26-11-13-29-14-12-26/h5-8,17H,9-16H2,1-4H3,(H,24,28). The lowest BCUT2D eigenvalue weighted by atomic mass is 10.1. The molecule has 29 heavy (non-hydrogen) atoms. The highest BCUT2D eigenvalue weighted by molar-refractivity contribution is 7.99. The number of anilines is 1. The SMILES string of the molecule is Cc1nn(CC(C)C)c(C)c1CC(=O)Nc1ccc(CCN2CCSCC2)cc1. The molecule has 0 unspecified atom stereocenters. The summed E-state index contributed by atoms with van der Waals surface area (Å²) in [4.78, 5) is 15.1. The quantitative estimate of drug-likeness (QED) is 0.711. The zero-order valence-corrected chi connectivity index (χ0v) is 19.0. The first-order chi connectivity index (χ1) is 13.9. The first-order valence-corrected chi connectivity index (χ1v) is 11.8. The van der Waals surface area contributed by atoms with Crippen LogP contribution in [0.3, 0.4) is 0 Å². The van der Waals surface area contributed by atoms with Crippen LogP contribution < -0.4 is 5.32 Å². The van der Waals surface area contributed by atoms with Crippen LogP contribution in [0.5, 0.6) is 0 Å². The molecule has 0 atom stereocenters. The van der Waals surface area contributed by atoms with Gasteiger partial charge in [-0.1, -0.05) is 26.0 Å². The first kappa shape index (κ1) is 21.9. The number of aryl methyl sites for hydroxylation is 1. The minimum absolute atomic E-state index is 0.0128. The largest absolute Gasteiger partial charge is 0.326 e. The number of hydrogen-bond acceptors (Lipinski definition) is 4. The first-order valence-electron chi connectivity index (χ1n) is 10.6. The van der Waals surface area contributed by atoms with Gasteiger partial charge in [0.05, 0.1) is 12.1 Å². The molecule has 1 aromatic heterocycles. The van der Waals surface area contributed by atoms with Crippen molar-refractivity contribution in [2.45, 2.75) is 47.1 Å². The summed E-state index contributed by atoms with van der Waals surface area (Å²) in [6, 6.07) is 8.29. The molecule has 1 N–H and O–H groups in total. The third-order valence-corrected chi connectivity index (χ3v) is 6.41. The van der Waals surface area contributed by atoms with Gasteiger partial charge in [0.1, 0.15) is 0 Å². The van der Waals surface area contributed by atoms with Crippen molar-refractivity contribution in [3.8, 4) is 0 Å². The lowest BCUT2D eigenvalue weighted by Gasteiger charge is -2.26. The van der Waals surface area contributed by atoms with Crippen molar-refractivity contribution in [2.24, 2.45) is 5.92 Å². The lowest BCUT2D eigenvalue weighted by Crippen LogP contribution is -2.34. The van der Waals surface area contributed by atoms with Crippen LogP contribution in [-0.4, -0.2) is 51.7 Å². The molecule has 1 amide bonds. The maximum Gasteiger partial charge on any atom is 0.228 e. The second-order valence-corrected chi connectivity index (χ2v) is 9.58. The van der Waals surface area contributed by atoms with Gasteiger partial charge in [-0.05, 0) is 43.9 Å². The third kappa shape index (κ3) is 6.34. The van der Waals surface area contributed by atoms with Crippen LogP contribution in [-0.2, 0) is 24.2 Å². The van der Waals surface area contributed by atoms with E-state index in [4.69, 9.17) is 0 Å². The molecule has 158 valence electrons. The smallest absolute Gasteiger partial charge is 0.228 e. The average molecular weight is 415 g/mol. The maximum absolute atomic E-state index is 12.6. The topological polar surface area (TPSA) is 50.2 Å². The number of carbonyl (C=O) groups excluding carboxylic acids is 1. The van der Waals surface area contributed by atoms with Crippen molar-refractivity contribution in [3.63, 3.8) is 0 Å². The van der Waals surface area contributed by atoms with Gasteiger partial charge in [-0.3, -0.25) is 9.48 Å². The predicted molar refractivity (Wildman–Crippen MR) is 123 cm³/mol. The Kier molecular flexibility index (Phi) is 7.78. The number of benzene rings is 1. The Morgan fingerprint density at radius 1 is 1.17 bits per heavy atom. The van der Waals surface area contributed by atoms with Crippen LogP contribution in [0.15, 0.2) is 24.3 Å². The Bertz CT molecular complexity index is 807. The van der Waals surface area contributed by atoms with Crippen molar-refractivity contribution < 1.29 is 4.79 Å². The number of carbonyl (C=O) groups is 1. The molecule has 1 aromatic carbocycles. The zero-order valence-electron chi connectivity index (χ0n) is 18.2. The van der Waals surface area contributed by atoms with E-state index in [2.05, 4.69) is 48.2 Å². The van der Waals surface area contributed by atoms with Crippen LogP contribution in [0, 0.1) is 19.8 Å². The van der Waals surface area contributed by atoms with E-state index in [1.165, 1.54) is 30.2 Å². The number of nitrogens with one attached hydrogen (secondary N) is 1. The van der Waals surface area contributed by atoms with Crippen LogP contribution in [0.25, 0.3) is 0 Å². The van der Waals surface area contributed by atoms with Gasteiger partial charge >= 0.3 is 0 Å². The Morgan fingerprint density at radius 3 is 2.52 bits per heavy atom. The van der Waals surface area contributed by atoms with Crippen LogP contribution in [0.4, 0.5) is 5.69 Å². The summed E-state index contributed by atoms with van der Waals surface area (Å²) in [5, 5.41) is 7.65. The highest BCUT2D eigenvalue weighted by Gasteiger charge is 2.16. The van der Waals surface area contributed by atoms with Crippen molar-refractivity contribution >= 4 is 23.4 Å². The summed E-state index contributed by atoms with van der Waals surface area (Å²) < 4.78 is 2.03. The van der Waals surface area contributed by atoms with Crippen molar-refractivity contribution in [3.05, 3.63) is 46.8 Å². The highest BCUT2D eigenvalue weighted by Crippen LogP contribution is 2.17. The second kappa shape index (κ2) is 10.3. The zero-order chi connectivity index (χ0) is 20.8. The predicted octanol–water partition coefficient (Wildman–Crippen LogP) is 3.93. The Morgan fingerprint density at radius 2 is 1.86 bits per heavy atom. The van der Waals surface area contributed by atoms with Gasteiger partial charge in [0.2, 0.25) is 5.91 Å². The molecular formula is C23H34N4OS. The Hall–Kier alpha value is -1.79. The van der Waals surface area contributed by atoms with Crippen molar-refractivity contribution in [1.82, 2.24) is 14.7 Å². The van der Waals surface area contributed by atoms with Gasteiger partial charge in [-0.25, -0.2) is 0 Å². The normalized spacial score (nSPS) is 15.1. The molecule has 5 nitrogen and oxygen atoms in total. The summed E-state index contributed by atoms with van der Waals surface area (Å²) in [7, 11) is 0. The minimum Gasteiger partial charge on any atom is -0.326 e. The summed E-state index contributed by atoms with van der Waals surface area (Å²) in [6.07, 6.45) is 1.43. The fourth-order valence-electron chi connectivity index (χ4n) is 3.75. The van der Waals surface area contributed by atoms with E-state index in [9.17, 15) is 4.79 Å². The van der Waals surface area contributed by atoms with Gasteiger partial charge < -0.3 is 10.2 Å². The molecule has 0 spiro atoms. The average Bonchev–Trinajstić information content (AvgIpc) is 2.95. The van der Waals surface area contributed by atoms with E-state index < -0.39 is 0 Å². The van der Waals surface area contributed by atoms with Crippen molar-refractivity contribution in [1.29, 1.82) is 0 Å². The molecule has 6 heteroatoms. The molecule has 2 aromatic rings. The fourth-order valence-corrected chi connectivity index (χ4v) is 4.72. The summed E-state index contributed by atoms with van der Waals surface area (Å²) >= 11 is 2.05. The Balaban J connectivity index is 1.52. The lowest BCUT2D eigenvalue weighted by molar-refractivity contribution is -0.115. The molecular weight excluding hydrogens is 380 g/mol. The minimum atomic E-state index is 0.0128. The van der Waals surface area contributed by atoms with E-state index >= 15 is 0 Å². The number of hydrogen-bond donors (Lipinski definition) is 1. The van der Waals surface area contributed by atoms with Gasteiger partial charge in [-0.15, -0.1) is 0 Å². The highest BCUT2D eigenvalue weighted by atomic mass is 32.2. The van der Waals surface area contributed by atoms with Gasteiger partial charge in [0, 0.05) is 54.6 Å². The molecule has 0 saturated carbocycles. The molecule has 1 aliphatic heterocycles. The number of aromatic nitrogens is 2. The molecule has 1 fully saturated rings. The molecule has 2 heterocycles. The number of nitrogens with zero attached hydrogens (tertiary/aromatic N) is 3. The summed E-state index contributed by atoms with van der Waals surface area (Å²) in [5.41, 5.74) is 5.27. The number of amides is 1. The third-order valence-electron chi connectivity index (χ3n) is 5.46. The molecule has 1 saturated heterocycles. The monoisotopic (exact) mass is 414 g/mol. The van der Waals surface area contributed by atoms with E-state index in [0.29, 0.717) is 12.3 Å². The van der Waals surface area contributed by atoms with Gasteiger partial charge in [0.25, 0.3) is 0 Å². The molecule has 0 bridgehead atoms. The van der Waals surface area contributed by atoms with E-state index in [1.807, 2.05) is 35.5 Å². The van der Waals surface area contributed by atoms with Crippen LogP contribution >= 0.6 is 11.8 Å². The van der Waals surface area contributed by atoms with Gasteiger partial charge in [-0.2, -0.15) is 16.9 Å². The molecule has 1 aliphatic rings. The number of rotatable bonds is 8. The maximum atomic E-state index is 12.6. The van der Waals surface area contributed by atoms with E-state index in [1.54, 1.807) is 0 Å². The molecule has 0 radical (unpaired) electrons. The van der Waals surface area contributed by atoms with Crippen LogP contribution in [0.2, 0.25) is 0 Å². The van der Waals surface area contributed by atoms with Crippen LogP contribution in [0.1, 0.15) is 36.4 Å². The number of thioether (sulfide) groups is 1. The summed E-state index contributed by atoms with van der Waals surface area (Å²) in [6.45, 7) is 12.8. The Labute approximate surface area is 179 Å². The molecule has 3 rings (SSSR count).